The summed E-state index contributed by atoms with van der Waals surface area (Å²) in [6.07, 6.45) is 0. The molecule has 0 saturated carbocycles. The van der Waals surface area contributed by atoms with Crippen molar-refractivity contribution >= 4 is 17.3 Å². The van der Waals surface area contributed by atoms with Crippen molar-refractivity contribution in [3.8, 4) is 28.3 Å². The SMILES string of the molecule is COc1ccc(NC(=O)c2ccc(-c3ccc(-c4noc(C)n4)cc3C)cc2)cc1N(C)C. The zero-order chi connectivity index (χ0) is 23.5. The third-order valence-electron chi connectivity index (χ3n) is 5.39. The van der Waals surface area contributed by atoms with Gasteiger partial charge in [-0.15, -0.1) is 0 Å². The monoisotopic (exact) mass is 442 g/mol. The fourth-order valence-corrected chi connectivity index (χ4v) is 3.66. The number of carbonyl (C=O) groups is 1. The van der Waals surface area contributed by atoms with Gasteiger partial charge in [-0.05, 0) is 60.0 Å². The number of anilines is 2. The van der Waals surface area contributed by atoms with Gasteiger partial charge in [0, 0.05) is 37.8 Å². The van der Waals surface area contributed by atoms with Crippen LogP contribution in [0.3, 0.4) is 0 Å². The average molecular weight is 443 g/mol. The number of nitrogens with zero attached hydrogens (tertiary/aromatic N) is 3. The number of aryl methyl sites for hydroxylation is 2. The molecule has 0 spiro atoms. The molecule has 1 aromatic heterocycles. The van der Waals surface area contributed by atoms with Gasteiger partial charge < -0.3 is 19.5 Å². The second kappa shape index (κ2) is 9.16. The number of amides is 1. The molecular weight excluding hydrogens is 416 g/mol. The molecule has 7 nitrogen and oxygen atoms in total. The Hall–Kier alpha value is -4.13. The minimum absolute atomic E-state index is 0.170. The standard InChI is InChI=1S/C26H26N4O3/c1-16-14-20(25-27-17(2)33-29-25)10-12-22(16)18-6-8-19(9-7-18)26(31)28-21-11-13-24(32-5)23(15-21)30(3)4/h6-15H,1-5H3,(H,28,31). The van der Waals surface area contributed by atoms with Crippen LogP contribution >= 0.6 is 0 Å². The van der Waals surface area contributed by atoms with E-state index in [2.05, 4.69) is 15.5 Å². The van der Waals surface area contributed by atoms with Crippen molar-refractivity contribution in [3.05, 3.63) is 77.7 Å². The number of benzene rings is 3. The lowest BCUT2D eigenvalue weighted by Crippen LogP contribution is -2.14. The minimum Gasteiger partial charge on any atom is -0.495 e. The average Bonchev–Trinajstić information content (AvgIpc) is 3.25. The second-order valence-electron chi connectivity index (χ2n) is 7.98. The molecule has 0 fully saturated rings. The Kier molecular flexibility index (Phi) is 6.13. The van der Waals surface area contributed by atoms with Gasteiger partial charge in [0.1, 0.15) is 5.75 Å². The van der Waals surface area contributed by atoms with Crippen molar-refractivity contribution in [3.63, 3.8) is 0 Å². The molecule has 0 radical (unpaired) electrons. The molecule has 0 aliphatic rings. The van der Waals surface area contributed by atoms with E-state index >= 15 is 0 Å². The Bertz CT molecular complexity index is 1290. The maximum Gasteiger partial charge on any atom is 0.255 e. The van der Waals surface area contributed by atoms with Gasteiger partial charge in [0.2, 0.25) is 11.7 Å². The Morgan fingerprint density at radius 2 is 1.70 bits per heavy atom. The summed E-state index contributed by atoms with van der Waals surface area (Å²) < 4.78 is 10.5. The molecule has 0 saturated heterocycles. The summed E-state index contributed by atoms with van der Waals surface area (Å²) in [5, 5.41) is 6.94. The van der Waals surface area contributed by atoms with Crippen molar-refractivity contribution in [1.82, 2.24) is 10.1 Å². The maximum absolute atomic E-state index is 12.8. The van der Waals surface area contributed by atoms with Crippen LogP contribution in [0, 0.1) is 13.8 Å². The highest BCUT2D eigenvalue weighted by Gasteiger charge is 2.12. The summed E-state index contributed by atoms with van der Waals surface area (Å²) in [7, 11) is 5.49. The van der Waals surface area contributed by atoms with E-state index in [0.717, 1.165) is 33.7 Å². The normalized spacial score (nSPS) is 10.7. The molecule has 33 heavy (non-hydrogen) atoms. The van der Waals surface area contributed by atoms with Gasteiger partial charge >= 0.3 is 0 Å². The van der Waals surface area contributed by atoms with Crippen LogP contribution in [0.25, 0.3) is 22.5 Å². The van der Waals surface area contributed by atoms with E-state index in [4.69, 9.17) is 9.26 Å². The molecule has 0 aliphatic heterocycles. The molecule has 4 rings (SSSR count). The summed E-state index contributed by atoms with van der Waals surface area (Å²) >= 11 is 0. The molecule has 3 aromatic carbocycles. The molecule has 0 atom stereocenters. The first-order valence-corrected chi connectivity index (χ1v) is 10.5. The van der Waals surface area contributed by atoms with Crippen molar-refractivity contribution < 1.29 is 14.1 Å². The predicted molar refractivity (Wildman–Crippen MR) is 130 cm³/mol. The molecule has 4 aromatic rings. The van der Waals surface area contributed by atoms with Crippen molar-refractivity contribution in [2.24, 2.45) is 0 Å². The van der Waals surface area contributed by atoms with Gasteiger partial charge in [-0.25, -0.2) is 0 Å². The van der Waals surface area contributed by atoms with Crippen LogP contribution in [-0.4, -0.2) is 37.3 Å². The highest BCUT2D eigenvalue weighted by atomic mass is 16.5. The summed E-state index contributed by atoms with van der Waals surface area (Å²) in [5.74, 6) is 1.69. The first-order valence-electron chi connectivity index (χ1n) is 10.5. The number of hydrogen-bond donors (Lipinski definition) is 1. The molecule has 1 N–H and O–H groups in total. The maximum atomic E-state index is 12.8. The number of nitrogens with one attached hydrogen (secondary N) is 1. The fourth-order valence-electron chi connectivity index (χ4n) is 3.66. The number of aromatic nitrogens is 2. The number of rotatable bonds is 6. The van der Waals surface area contributed by atoms with E-state index in [1.807, 2.05) is 86.6 Å². The van der Waals surface area contributed by atoms with Gasteiger partial charge in [0.25, 0.3) is 5.91 Å². The Morgan fingerprint density at radius 3 is 2.30 bits per heavy atom. The predicted octanol–water partition coefficient (Wildman–Crippen LogP) is 5.35. The molecule has 1 heterocycles. The highest BCUT2D eigenvalue weighted by Crippen LogP contribution is 2.31. The summed E-state index contributed by atoms with van der Waals surface area (Å²) in [6, 6.07) is 19.2. The number of carbonyl (C=O) groups excluding carboxylic acids is 1. The lowest BCUT2D eigenvalue weighted by molar-refractivity contribution is 0.102. The van der Waals surface area contributed by atoms with E-state index in [0.29, 0.717) is 23.0 Å². The molecule has 0 aliphatic carbocycles. The molecule has 168 valence electrons. The van der Waals surface area contributed by atoms with E-state index in [1.165, 1.54) is 0 Å². The Balaban J connectivity index is 1.51. The van der Waals surface area contributed by atoms with Gasteiger partial charge in [-0.1, -0.05) is 29.4 Å². The lowest BCUT2D eigenvalue weighted by Gasteiger charge is -2.18. The quantitative estimate of drug-likeness (QED) is 0.434. The first-order chi connectivity index (χ1) is 15.9. The number of methoxy groups -OCH3 is 1. The molecule has 0 bridgehead atoms. The summed E-state index contributed by atoms with van der Waals surface area (Å²) in [6.45, 7) is 3.81. The van der Waals surface area contributed by atoms with E-state index in [-0.39, 0.29) is 5.91 Å². The molecular formula is C26H26N4O3. The van der Waals surface area contributed by atoms with Crippen molar-refractivity contribution in [2.45, 2.75) is 13.8 Å². The topological polar surface area (TPSA) is 80.5 Å². The highest BCUT2D eigenvalue weighted by molar-refractivity contribution is 6.04. The molecule has 0 unspecified atom stereocenters. The van der Waals surface area contributed by atoms with Crippen LogP contribution in [-0.2, 0) is 0 Å². The van der Waals surface area contributed by atoms with Crippen LogP contribution in [0.5, 0.6) is 5.75 Å². The van der Waals surface area contributed by atoms with Crippen LogP contribution in [0.4, 0.5) is 11.4 Å². The zero-order valence-corrected chi connectivity index (χ0v) is 19.3. The zero-order valence-electron chi connectivity index (χ0n) is 19.3. The fraction of sp³-hybridized carbons (Fsp3) is 0.192. The van der Waals surface area contributed by atoms with Crippen molar-refractivity contribution in [1.29, 1.82) is 0 Å². The van der Waals surface area contributed by atoms with E-state index in [9.17, 15) is 4.79 Å². The largest absolute Gasteiger partial charge is 0.495 e. The Labute approximate surface area is 193 Å². The summed E-state index contributed by atoms with van der Waals surface area (Å²) in [5.41, 5.74) is 6.27. The van der Waals surface area contributed by atoms with Crippen LogP contribution in [0.15, 0.2) is 65.2 Å². The first kappa shape index (κ1) is 22.1. The number of ether oxygens (including phenoxy) is 1. The molecule has 7 heteroatoms. The Morgan fingerprint density at radius 1 is 0.970 bits per heavy atom. The third kappa shape index (κ3) is 4.72. The van der Waals surface area contributed by atoms with Gasteiger partial charge in [-0.3, -0.25) is 4.79 Å². The van der Waals surface area contributed by atoms with E-state index in [1.54, 1.807) is 14.0 Å². The van der Waals surface area contributed by atoms with Gasteiger partial charge in [-0.2, -0.15) is 4.98 Å². The van der Waals surface area contributed by atoms with E-state index < -0.39 is 0 Å². The number of hydrogen-bond acceptors (Lipinski definition) is 6. The second-order valence-corrected chi connectivity index (χ2v) is 7.98. The summed E-state index contributed by atoms with van der Waals surface area (Å²) in [4.78, 5) is 19.0. The smallest absolute Gasteiger partial charge is 0.255 e. The molecule has 1 amide bonds. The van der Waals surface area contributed by atoms with Crippen molar-refractivity contribution in [2.75, 3.05) is 31.4 Å². The van der Waals surface area contributed by atoms with Crippen LogP contribution in [0.2, 0.25) is 0 Å². The third-order valence-corrected chi connectivity index (χ3v) is 5.39. The van der Waals surface area contributed by atoms with Gasteiger partial charge in [0.05, 0.1) is 12.8 Å². The minimum atomic E-state index is -0.170. The van der Waals surface area contributed by atoms with Crippen LogP contribution < -0.4 is 15.0 Å². The van der Waals surface area contributed by atoms with Gasteiger partial charge in [0.15, 0.2) is 0 Å². The lowest BCUT2D eigenvalue weighted by atomic mass is 9.97. The van der Waals surface area contributed by atoms with Crippen LogP contribution in [0.1, 0.15) is 21.8 Å².